The number of benzene rings is 1. The second kappa shape index (κ2) is 9.30. The molecule has 9 heavy (non-hydrogen) atoms. The number of hydrogen-bond acceptors (Lipinski definition) is 0. The van der Waals surface area contributed by atoms with E-state index in [1.165, 1.54) is 0 Å². The molecule has 0 saturated carbocycles. The molecule has 1 rings (SSSR count). The first-order chi connectivity index (χ1) is 4.41. The normalized spacial score (nSPS) is 6.44. The van der Waals surface area contributed by atoms with Crippen molar-refractivity contribution in [2.45, 2.75) is 0 Å². The van der Waals surface area contributed by atoms with Crippen molar-refractivity contribution in [1.82, 2.24) is 0 Å². The van der Waals surface area contributed by atoms with Crippen LogP contribution in [0.5, 0.6) is 0 Å². The first-order valence-corrected chi connectivity index (χ1v) is 20.6. The van der Waals surface area contributed by atoms with Crippen LogP contribution in [-0.4, -0.2) is 0 Å². The van der Waals surface area contributed by atoms with Crippen LogP contribution in [0.25, 0.3) is 0 Å². The van der Waals surface area contributed by atoms with Gasteiger partial charge >= 0.3 is 49.6 Å². The van der Waals surface area contributed by atoms with Crippen molar-refractivity contribution in [2.75, 3.05) is 0 Å². The van der Waals surface area contributed by atoms with E-state index in [-0.39, 0.29) is 10.1 Å². The number of hydrogen-bond donors (Lipinski definition) is 0. The standard InChI is InChI=1S/C6H6.2HI.Zn/c1-2-4-6-5-3-1;;;/h1-6H;2*1H;/q;;;+2/p-2. The molecule has 0 aliphatic carbocycles. The van der Waals surface area contributed by atoms with E-state index in [0.29, 0.717) is 0 Å². The molecule has 0 heterocycles. The smallest absolute Gasteiger partial charge is 0.0623 e. The third kappa shape index (κ3) is 9.30. The third-order valence-electron chi connectivity index (χ3n) is 0.667. The van der Waals surface area contributed by atoms with Crippen LogP contribution in [0.2, 0.25) is 0 Å². The average molecular weight is 397 g/mol. The Morgan fingerprint density at radius 2 is 0.778 bits per heavy atom. The Kier molecular flexibility index (Phi) is 10.7. The minimum absolute atomic E-state index is 0.0650. The molecule has 3 heteroatoms. The second-order valence-electron chi connectivity index (χ2n) is 1.26. The molecule has 0 radical (unpaired) electrons. The van der Waals surface area contributed by atoms with E-state index in [1.807, 2.05) is 36.4 Å². The van der Waals surface area contributed by atoms with Crippen molar-refractivity contribution in [1.29, 1.82) is 0 Å². The molecule has 0 fully saturated rings. The molecule has 0 atom stereocenters. The predicted molar refractivity (Wildman–Crippen MR) is 54.5 cm³/mol. The van der Waals surface area contributed by atoms with Gasteiger partial charge in [0.05, 0.1) is 0 Å². The molecule has 0 saturated heterocycles. The van der Waals surface area contributed by atoms with Gasteiger partial charge in [0.2, 0.25) is 0 Å². The van der Waals surface area contributed by atoms with Crippen LogP contribution in [0.3, 0.4) is 0 Å². The zero-order valence-electron chi connectivity index (χ0n) is 4.93. The maximum absolute atomic E-state index is 2.46. The van der Waals surface area contributed by atoms with Crippen LogP contribution in [-0.2, 0) is 10.1 Å². The van der Waals surface area contributed by atoms with Crippen molar-refractivity contribution >= 4 is 39.5 Å². The molecule has 0 aromatic heterocycles. The Hall–Kier alpha value is 1.30. The van der Waals surface area contributed by atoms with Crippen molar-refractivity contribution < 1.29 is 10.1 Å². The molecule has 0 bridgehead atoms. The van der Waals surface area contributed by atoms with Gasteiger partial charge in [-0.15, -0.1) is 0 Å². The van der Waals surface area contributed by atoms with Crippen molar-refractivity contribution in [2.24, 2.45) is 0 Å². The zero-order chi connectivity index (χ0) is 6.95. The van der Waals surface area contributed by atoms with Crippen LogP contribution in [0.15, 0.2) is 36.4 Å². The number of rotatable bonds is 0. The fraction of sp³-hybridized carbons (Fsp3) is 0. The minimum Gasteiger partial charge on any atom is -0.0623 e. The van der Waals surface area contributed by atoms with E-state index in [2.05, 4.69) is 39.5 Å². The molecule has 0 N–H and O–H groups in total. The van der Waals surface area contributed by atoms with Gasteiger partial charge in [0, 0.05) is 0 Å². The maximum Gasteiger partial charge on any atom is -0.0623 e. The van der Waals surface area contributed by atoms with Crippen LogP contribution >= 0.6 is 39.5 Å². The topological polar surface area (TPSA) is 0 Å². The fourth-order valence-corrected chi connectivity index (χ4v) is 0.385. The Labute approximate surface area is 84.8 Å². The Morgan fingerprint density at radius 1 is 0.667 bits per heavy atom. The molecule has 46 valence electrons. The number of halogens is 2. The monoisotopic (exact) mass is 396 g/mol. The maximum atomic E-state index is 2.46. The summed E-state index contributed by atoms with van der Waals surface area (Å²) in [5.41, 5.74) is 0. The molecule has 0 aliphatic rings. The van der Waals surface area contributed by atoms with Gasteiger partial charge in [-0.2, -0.15) is 0 Å². The minimum atomic E-state index is 0.0650. The van der Waals surface area contributed by atoms with Gasteiger partial charge in [0.25, 0.3) is 0 Å². The molecule has 0 nitrogen and oxygen atoms in total. The Bertz CT molecular complexity index is 93.9. The van der Waals surface area contributed by atoms with E-state index >= 15 is 0 Å². The first-order valence-electron chi connectivity index (χ1n) is 2.53. The van der Waals surface area contributed by atoms with Crippen LogP contribution in [0.4, 0.5) is 0 Å². The molecule has 0 unspecified atom stereocenters. The van der Waals surface area contributed by atoms with Gasteiger partial charge < -0.3 is 0 Å². The summed E-state index contributed by atoms with van der Waals surface area (Å²) < 4.78 is 0. The molecule has 1 aromatic rings. The fourth-order valence-electron chi connectivity index (χ4n) is 0.385. The van der Waals surface area contributed by atoms with Crippen LogP contribution < -0.4 is 0 Å². The molecule has 0 spiro atoms. The second-order valence-corrected chi connectivity index (χ2v) is 24.8. The van der Waals surface area contributed by atoms with E-state index in [1.54, 1.807) is 0 Å². The molecular weight excluding hydrogens is 391 g/mol. The van der Waals surface area contributed by atoms with Crippen molar-refractivity contribution in [3.8, 4) is 0 Å². The summed E-state index contributed by atoms with van der Waals surface area (Å²) >= 11 is 4.93. The molecule has 0 aliphatic heterocycles. The van der Waals surface area contributed by atoms with Gasteiger partial charge in [-0.3, -0.25) is 0 Å². The summed E-state index contributed by atoms with van der Waals surface area (Å²) in [7, 11) is 0.0650. The molecule has 1 aromatic carbocycles. The summed E-state index contributed by atoms with van der Waals surface area (Å²) in [5.74, 6) is 0. The SMILES string of the molecule is [I][Zn][I].c1ccccc1. The summed E-state index contributed by atoms with van der Waals surface area (Å²) in [6, 6.07) is 12.0. The molecule has 0 amide bonds. The van der Waals surface area contributed by atoms with E-state index < -0.39 is 0 Å². The van der Waals surface area contributed by atoms with Gasteiger partial charge in [-0.25, -0.2) is 0 Å². The van der Waals surface area contributed by atoms with Gasteiger partial charge in [0.15, 0.2) is 0 Å². The molecular formula is C6H6I2Zn. The quantitative estimate of drug-likeness (QED) is 0.465. The Morgan fingerprint density at radius 3 is 0.889 bits per heavy atom. The van der Waals surface area contributed by atoms with Gasteiger partial charge in [-0.1, -0.05) is 36.4 Å². The van der Waals surface area contributed by atoms with E-state index in [4.69, 9.17) is 0 Å². The van der Waals surface area contributed by atoms with Gasteiger partial charge in [-0.05, 0) is 0 Å². The summed E-state index contributed by atoms with van der Waals surface area (Å²) in [5, 5.41) is 0. The summed E-state index contributed by atoms with van der Waals surface area (Å²) in [6.07, 6.45) is 0. The van der Waals surface area contributed by atoms with Crippen molar-refractivity contribution in [3.05, 3.63) is 36.4 Å². The first kappa shape index (κ1) is 10.3. The summed E-state index contributed by atoms with van der Waals surface area (Å²) in [6.45, 7) is 0. The average Bonchev–Trinajstić information content (AvgIpc) is 1.93. The van der Waals surface area contributed by atoms with Crippen molar-refractivity contribution in [3.63, 3.8) is 0 Å². The van der Waals surface area contributed by atoms with E-state index in [9.17, 15) is 0 Å². The van der Waals surface area contributed by atoms with Crippen LogP contribution in [0, 0.1) is 0 Å². The zero-order valence-corrected chi connectivity index (χ0v) is 12.2. The third-order valence-corrected chi connectivity index (χ3v) is 0.667. The largest absolute Gasteiger partial charge is 0.0623 e. The predicted octanol–water partition coefficient (Wildman–Crippen LogP) is 3.46. The Balaban J connectivity index is 0.000000187. The van der Waals surface area contributed by atoms with E-state index in [0.717, 1.165) is 0 Å². The van der Waals surface area contributed by atoms with Gasteiger partial charge in [0.1, 0.15) is 0 Å². The summed E-state index contributed by atoms with van der Waals surface area (Å²) in [4.78, 5) is 0. The van der Waals surface area contributed by atoms with Crippen LogP contribution in [0.1, 0.15) is 0 Å².